The number of hydrogen-bond acceptors (Lipinski definition) is 5. The van der Waals surface area contributed by atoms with Crippen molar-refractivity contribution < 1.29 is 19.0 Å². The van der Waals surface area contributed by atoms with Crippen LogP contribution in [0.2, 0.25) is 0 Å². The summed E-state index contributed by atoms with van der Waals surface area (Å²) >= 11 is 0. The molecule has 2 aliphatic rings. The zero-order valence-electron chi connectivity index (χ0n) is 18.6. The number of methoxy groups -OCH3 is 1. The maximum Gasteiger partial charge on any atom is 0.244 e. The highest BCUT2D eigenvalue weighted by Crippen LogP contribution is 2.40. The predicted molar refractivity (Wildman–Crippen MR) is 125 cm³/mol. The first kappa shape index (κ1) is 21.1. The first-order chi connectivity index (χ1) is 16.2. The number of nitrogens with zero attached hydrogens (tertiary/aromatic N) is 2. The monoisotopic (exact) mass is 445 g/mol. The fraction of sp³-hybridized carbons (Fsp3) is 0.308. The lowest BCUT2D eigenvalue weighted by atomic mass is 9.93. The zero-order chi connectivity index (χ0) is 22.6. The maximum atomic E-state index is 12.7. The first-order valence-electron chi connectivity index (χ1n) is 11.3. The highest BCUT2D eigenvalue weighted by atomic mass is 16.6. The van der Waals surface area contributed by atoms with Gasteiger partial charge in [0.1, 0.15) is 13.2 Å². The highest BCUT2D eigenvalue weighted by molar-refractivity contribution is 5.92. The van der Waals surface area contributed by atoms with Gasteiger partial charge < -0.3 is 19.5 Å². The van der Waals surface area contributed by atoms with Crippen molar-refractivity contribution in [1.29, 1.82) is 0 Å². The molecule has 0 radical (unpaired) electrons. The summed E-state index contributed by atoms with van der Waals surface area (Å²) < 4.78 is 18.8. The lowest BCUT2D eigenvalue weighted by Gasteiger charge is -2.24. The van der Waals surface area contributed by atoms with Crippen LogP contribution in [0.25, 0.3) is 6.08 Å². The molecule has 1 aliphatic heterocycles. The van der Waals surface area contributed by atoms with Gasteiger partial charge in [0.15, 0.2) is 11.5 Å². The van der Waals surface area contributed by atoms with Crippen LogP contribution in [0.4, 0.5) is 0 Å². The number of amides is 1. The summed E-state index contributed by atoms with van der Waals surface area (Å²) in [4.78, 5) is 12.7. The molecule has 33 heavy (non-hydrogen) atoms. The normalized spacial score (nSPS) is 16.9. The molecule has 2 aromatic carbocycles. The quantitative estimate of drug-likeness (QED) is 0.582. The number of carbonyl (C=O) groups is 1. The molecular weight excluding hydrogens is 418 g/mol. The Hall–Kier alpha value is -3.74. The zero-order valence-corrected chi connectivity index (χ0v) is 18.6. The Morgan fingerprint density at radius 3 is 2.94 bits per heavy atom. The second kappa shape index (κ2) is 9.40. The molecule has 0 saturated carbocycles. The van der Waals surface area contributed by atoms with Gasteiger partial charge in [-0.15, -0.1) is 0 Å². The summed E-state index contributed by atoms with van der Waals surface area (Å²) in [7, 11) is 1.59. The molecule has 7 heteroatoms. The smallest absolute Gasteiger partial charge is 0.244 e. The van der Waals surface area contributed by atoms with Crippen molar-refractivity contribution in [2.24, 2.45) is 0 Å². The third-order valence-electron chi connectivity index (χ3n) is 6.03. The van der Waals surface area contributed by atoms with Gasteiger partial charge in [-0.1, -0.05) is 30.3 Å². The van der Waals surface area contributed by atoms with Gasteiger partial charge in [-0.2, -0.15) is 5.10 Å². The minimum Gasteiger partial charge on any atom is -0.493 e. The molecule has 1 aromatic heterocycles. The van der Waals surface area contributed by atoms with Gasteiger partial charge in [0.2, 0.25) is 11.7 Å². The Bertz CT molecular complexity index is 1150. The molecule has 1 unspecified atom stereocenters. The van der Waals surface area contributed by atoms with E-state index < -0.39 is 0 Å². The van der Waals surface area contributed by atoms with Gasteiger partial charge in [-0.3, -0.25) is 9.48 Å². The fourth-order valence-electron chi connectivity index (χ4n) is 4.44. The van der Waals surface area contributed by atoms with Crippen molar-refractivity contribution in [3.05, 3.63) is 77.1 Å². The number of rotatable bonds is 6. The van der Waals surface area contributed by atoms with Crippen molar-refractivity contribution in [1.82, 2.24) is 15.1 Å². The van der Waals surface area contributed by atoms with E-state index in [1.54, 1.807) is 19.3 Å². The topological polar surface area (TPSA) is 74.6 Å². The molecule has 0 bridgehead atoms. The van der Waals surface area contributed by atoms with Gasteiger partial charge in [-0.05, 0) is 48.6 Å². The van der Waals surface area contributed by atoms with E-state index in [0.717, 1.165) is 36.9 Å². The van der Waals surface area contributed by atoms with E-state index in [1.165, 1.54) is 11.3 Å². The van der Waals surface area contributed by atoms with Crippen LogP contribution in [-0.2, 0) is 17.8 Å². The Balaban J connectivity index is 1.28. The van der Waals surface area contributed by atoms with Crippen LogP contribution in [0.15, 0.2) is 54.7 Å². The maximum absolute atomic E-state index is 12.7. The lowest BCUT2D eigenvalue weighted by Crippen LogP contribution is -2.29. The van der Waals surface area contributed by atoms with Crippen LogP contribution in [-0.4, -0.2) is 36.0 Å². The second-order valence-electron chi connectivity index (χ2n) is 8.22. The molecule has 1 atom stereocenters. The molecule has 1 aliphatic carbocycles. The van der Waals surface area contributed by atoms with Crippen LogP contribution < -0.4 is 19.5 Å². The Kier molecular flexibility index (Phi) is 6.02. The Morgan fingerprint density at radius 1 is 1.24 bits per heavy atom. The molecule has 0 spiro atoms. The van der Waals surface area contributed by atoms with E-state index in [4.69, 9.17) is 14.2 Å². The fourth-order valence-corrected chi connectivity index (χ4v) is 4.44. The SMILES string of the molecule is COc1cc(/C=C/C(=O)NC2CCCc3c2cnn3Cc2ccccc2)cc2c1OCCO2. The summed E-state index contributed by atoms with van der Waals surface area (Å²) in [5.74, 6) is 1.68. The summed E-state index contributed by atoms with van der Waals surface area (Å²) in [6.45, 7) is 1.72. The number of aromatic nitrogens is 2. The molecule has 1 amide bonds. The number of fused-ring (bicyclic) bond motifs is 2. The average molecular weight is 446 g/mol. The van der Waals surface area contributed by atoms with Crippen LogP contribution in [0.3, 0.4) is 0 Å². The third-order valence-corrected chi connectivity index (χ3v) is 6.03. The van der Waals surface area contributed by atoms with Crippen LogP contribution >= 0.6 is 0 Å². The molecular formula is C26H27N3O4. The van der Waals surface area contributed by atoms with Crippen molar-refractivity contribution in [2.75, 3.05) is 20.3 Å². The third kappa shape index (κ3) is 4.58. The minimum absolute atomic E-state index is 0.0368. The van der Waals surface area contributed by atoms with Crippen LogP contribution in [0, 0.1) is 0 Å². The highest BCUT2D eigenvalue weighted by Gasteiger charge is 2.25. The molecule has 1 N–H and O–H groups in total. The van der Waals surface area contributed by atoms with Crippen molar-refractivity contribution in [3.63, 3.8) is 0 Å². The standard InChI is InChI=1S/C26H27N3O4/c1-31-23-14-19(15-24-26(23)33-13-12-32-24)10-11-25(30)28-21-8-5-9-22-20(21)16-27-29(22)17-18-6-3-2-4-7-18/h2-4,6-7,10-11,14-16,21H,5,8-9,12-13,17H2,1H3,(H,28,30)/b11-10+. The second-order valence-corrected chi connectivity index (χ2v) is 8.22. The van der Waals surface area contributed by atoms with Crippen LogP contribution in [0.1, 0.15) is 41.3 Å². The lowest BCUT2D eigenvalue weighted by molar-refractivity contribution is -0.117. The van der Waals surface area contributed by atoms with E-state index in [0.29, 0.717) is 30.5 Å². The number of benzene rings is 2. The van der Waals surface area contributed by atoms with E-state index in [1.807, 2.05) is 36.5 Å². The van der Waals surface area contributed by atoms with Gasteiger partial charge in [0.25, 0.3) is 0 Å². The van der Waals surface area contributed by atoms with Gasteiger partial charge in [0.05, 0.1) is 25.9 Å². The Morgan fingerprint density at radius 2 is 2.09 bits per heavy atom. The van der Waals surface area contributed by atoms with Crippen molar-refractivity contribution >= 4 is 12.0 Å². The number of ether oxygens (including phenoxy) is 3. The van der Waals surface area contributed by atoms with E-state index in [-0.39, 0.29) is 11.9 Å². The molecule has 170 valence electrons. The summed E-state index contributed by atoms with van der Waals surface area (Å²) in [6, 6.07) is 14.0. The number of hydrogen-bond donors (Lipinski definition) is 1. The molecule has 0 fully saturated rings. The van der Waals surface area contributed by atoms with E-state index in [2.05, 4.69) is 27.2 Å². The van der Waals surface area contributed by atoms with Crippen molar-refractivity contribution in [2.45, 2.75) is 31.8 Å². The predicted octanol–water partition coefficient (Wildman–Crippen LogP) is 3.92. The molecule has 3 aromatic rings. The molecule has 0 saturated heterocycles. The largest absolute Gasteiger partial charge is 0.493 e. The number of carbonyl (C=O) groups excluding carboxylic acids is 1. The molecule has 2 heterocycles. The van der Waals surface area contributed by atoms with Crippen LogP contribution in [0.5, 0.6) is 17.2 Å². The van der Waals surface area contributed by atoms with Gasteiger partial charge in [-0.25, -0.2) is 0 Å². The Labute approximate surface area is 193 Å². The van der Waals surface area contributed by atoms with E-state index >= 15 is 0 Å². The summed E-state index contributed by atoms with van der Waals surface area (Å²) in [5.41, 5.74) is 4.34. The van der Waals surface area contributed by atoms with E-state index in [9.17, 15) is 4.79 Å². The van der Waals surface area contributed by atoms with Crippen molar-refractivity contribution in [3.8, 4) is 17.2 Å². The minimum atomic E-state index is -0.141. The first-order valence-corrected chi connectivity index (χ1v) is 11.3. The summed E-state index contributed by atoms with van der Waals surface area (Å²) in [5, 5.41) is 7.76. The number of nitrogens with one attached hydrogen (secondary N) is 1. The summed E-state index contributed by atoms with van der Waals surface area (Å²) in [6.07, 6.45) is 8.11. The molecule has 7 nitrogen and oxygen atoms in total. The van der Waals surface area contributed by atoms with Gasteiger partial charge in [0, 0.05) is 17.3 Å². The molecule has 5 rings (SSSR count). The average Bonchev–Trinajstić information content (AvgIpc) is 3.26. The van der Waals surface area contributed by atoms with Gasteiger partial charge >= 0.3 is 0 Å².